The lowest BCUT2D eigenvalue weighted by atomic mass is 9.73. The molecule has 15 nitrogen and oxygen atoms in total. The first kappa shape index (κ1) is 64.9. The molecule has 0 aromatic heterocycles. The Morgan fingerprint density at radius 3 is 1.00 bits per heavy atom. The molecule has 0 aliphatic carbocycles. The van der Waals surface area contributed by atoms with Gasteiger partial charge in [0.15, 0.2) is 0 Å². The van der Waals surface area contributed by atoms with Crippen LogP contribution in [0, 0.1) is 0 Å². The van der Waals surface area contributed by atoms with Crippen LogP contribution in [-0.2, 0) is 50.0 Å². The summed E-state index contributed by atoms with van der Waals surface area (Å²) in [7, 11) is -12.0. The average molecular weight is 1310 g/mol. The molecule has 8 aromatic carbocycles. The summed E-state index contributed by atoms with van der Waals surface area (Å²) in [5.74, 6) is -2.34. The second kappa shape index (κ2) is 24.3. The van der Waals surface area contributed by atoms with Crippen LogP contribution in [-0.4, -0.2) is 74.0 Å². The maximum absolute atomic E-state index is 15.2. The van der Waals surface area contributed by atoms with Crippen LogP contribution in [0.3, 0.4) is 0 Å². The number of benzene rings is 8. The lowest BCUT2D eigenvalue weighted by Gasteiger charge is -2.38. The van der Waals surface area contributed by atoms with Crippen LogP contribution in [0.2, 0.25) is 0 Å². The number of alkyl halides is 12. The molecule has 0 unspecified atom stereocenters. The monoisotopic (exact) mass is 1310 g/mol. The quantitative estimate of drug-likeness (QED) is 0.0239. The predicted octanol–water partition coefficient (Wildman–Crippen LogP) is 15.2. The minimum atomic E-state index is -6.07. The van der Waals surface area contributed by atoms with Gasteiger partial charge in [-0.1, -0.05) is 53.6 Å². The van der Waals surface area contributed by atoms with Gasteiger partial charge in [0.05, 0.1) is 50.7 Å². The smallest absolute Gasteiger partial charge is 0.411 e. The zero-order valence-electron chi connectivity index (χ0n) is 43.7. The molecule has 2 N–H and O–H groups in total. The maximum Gasteiger partial charge on any atom is 0.411 e. The normalized spacial score (nSPS) is 13.0. The van der Waals surface area contributed by atoms with Gasteiger partial charge >= 0.3 is 24.7 Å². The summed E-state index contributed by atoms with van der Waals surface area (Å²) >= 11 is 0.0395. The fraction of sp³-hybridized carbons (Fsp3) is 0.143. The Balaban J connectivity index is 1.04. The highest BCUT2D eigenvalue weighted by atomic mass is 32.2. The van der Waals surface area contributed by atoms with E-state index in [0.29, 0.717) is 90.7 Å². The SMILES string of the molecule is COc1ccc(C(c2ccc(Oc3ccc(S(=O)(=O)c4ccc(Oc5ccc(C(c6ccc(Oc7ccc(S(=O)(=O)c8ccc(OC)cc8)cc7)cc6)(C(F)(F)F)C(F)(F)F)cc5)c(SOOO)c4)cc3S(=O)(=O)O)cc2)(C(F)(F)F)C(F)(F)F)cc1. The molecule has 0 aliphatic rings. The lowest BCUT2D eigenvalue weighted by molar-refractivity contribution is -0.432. The van der Waals surface area contributed by atoms with E-state index in [2.05, 4.69) is 9.37 Å². The van der Waals surface area contributed by atoms with E-state index in [-0.39, 0.29) is 39.1 Å². The first-order valence-corrected chi connectivity index (χ1v) is 29.2. The van der Waals surface area contributed by atoms with E-state index in [1.54, 1.807) is 0 Å². The number of ether oxygens (including phenoxy) is 5. The van der Waals surface area contributed by atoms with Gasteiger partial charge in [0.2, 0.25) is 30.5 Å². The summed E-state index contributed by atoms with van der Waals surface area (Å²) in [4.78, 5) is -3.63. The topological polar surface area (TPSA) is 207 Å². The van der Waals surface area contributed by atoms with E-state index in [9.17, 15) is 56.1 Å². The van der Waals surface area contributed by atoms with Gasteiger partial charge in [0.1, 0.15) is 50.9 Å². The van der Waals surface area contributed by atoms with E-state index in [4.69, 9.17) is 28.9 Å². The van der Waals surface area contributed by atoms with Crippen LogP contribution in [0.15, 0.2) is 211 Å². The van der Waals surface area contributed by atoms with Crippen LogP contribution in [0.1, 0.15) is 22.3 Å². The Bertz CT molecular complexity index is 4080. The van der Waals surface area contributed by atoms with Gasteiger partial charge in [-0.2, -0.15) is 61.1 Å². The molecule has 0 saturated heterocycles. The molecule has 0 radical (unpaired) electrons. The molecule has 87 heavy (non-hydrogen) atoms. The van der Waals surface area contributed by atoms with Crippen molar-refractivity contribution in [3.8, 4) is 46.0 Å². The lowest BCUT2D eigenvalue weighted by Crippen LogP contribution is -2.54. The van der Waals surface area contributed by atoms with E-state index in [0.717, 1.165) is 55.6 Å². The van der Waals surface area contributed by atoms with Crippen molar-refractivity contribution in [1.29, 1.82) is 0 Å². The second-order valence-corrected chi connectivity index (χ2v) is 24.2. The molecular weight excluding hydrogens is 1270 g/mol. The van der Waals surface area contributed by atoms with Crippen LogP contribution < -0.4 is 23.7 Å². The fourth-order valence-electron chi connectivity index (χ4n) is 9.03. The molecule has 0 saturated carbocycles. The Morgan fingerprint density at radius 1 is 0.368 bits per heavy atom. The number of rotatable bonds is 20. The minimum absolute atomic E-state index is 0.0352. The Morgan fingerprint density at radius 2 is 0.655 bits per heavy atom. The molecule has 460 valence electrons. The highest BCUT2D eigenvalue weighted by Crippen LogP contribution is 2.58. The van der Waals surface area contributed by atoms with Crippen LogP contribution in [0.25, 0.3) is 0 Å². The molecule has 0 fully saturated rings. The van der Waals surface area contributed by atoms with Crippen LogP contribution in [0.4, 0.5) is 52.7 Å². The summed E-state index contributed by atoms with van der Waals surface area (Å²) < 4.78 is 300. The summed E-state index contributed by atoms with van der Waals surface area (Å²) in [6.07, 6.45) is -24.2. The molecular formula is C56H38F12O15S4. The minimum Gasteiger partial charge on any atom is -0.497 e. The molecule has 8 aromatic rings. The first-order chi connectivity index (χ1) is 40.6. The van der Waals surface area contributed by atoms with Gasteiger partial charge in [0.25, 0.3) is 10.1 Å². The summed E-state index contributed by atoms with van der Waals surface area (Å²) in [5, 5.41) is 12.5. The molecule has 0 bridgehead atoms. The molecule has 8 rings (SSSR count). The first-order valence-electron chi connectivity index (χ1n) is 24.0. The third kappa shape index (κ3) is 12.7. The zero-order valence-corrected chi connectivity index (χ0v) is 47.0. The molecule has 0 atom stereocenters. The van der Waals surface area contributed by atoms with Crippen molar-refractivity contribution < 1.29 is 121 Å². The molecule has 0 amide bonds. The molecule has 0 heterocycles. The highest BCUT2D eigenvalue weighted by Gasteiger charge is 2.73. The van der Waals surface area contributed by atoms with E-state index < -0.39 is 130 Å². The van der Waals surface area contributed by atoms with Gasteiger partial charge < -0.3 is 23.7 Å². The molecule has 0 aliphatic heterocycles. The van der Waals surface area contributed by atoms with Gasteiger partial charge in [-0.15, -0.1) is 4.33 Å². The Kier molecular flexibility index (Phi) is 18.1. The number of sulfone groups is 2. The van der Waals surface area contributed by atoms with Crippen molar-refractivity contribution in [2.24, 2.45) is 0 Å². The van der Waals surface area contributed by atoms with Gasteiger partial charge in [-0.25, -0.2) is 22.1 Å². The van der Waals surface area contributed by atoms with Crippen molar-refractivity contribution in [3.63, 3.8) is 0 Å². The largest absolute Gasteiger partial charge is 0.497 e. The highest BCUT2D eigenvalue weighted by molar-refractivity contribution is 7.95. The van der Waals surface area contributed by atoms with Crippen LogP contribution in [0.5, 0.6) is 46.0 Å². The Labute approximate surface area is 489 Å². The number of hydrogen-bond donors (Lipinski definition) is 2. The van der Waals surface area contributed by atoms with E-state index >= 15 is 26.3 Å². The van der Waals surface area contributed by atoms with E-state index in [1.807, 2.05) is 0 Å². The Hall–Kier alpha value is -8.04. The van der Waals surface area contributed by atoms with Gasteiger partial charge in [0, 0.05) is 0 Å². The standard InChI is InChI=1S/C56H38F12O15S4/c1-77-37-11-3-33(4-12-37)51(53(57,58)59,54(60,61)62)36-9-17-42(18-10-36)81-48-30-28-46(32-50(48)87(74,75)76)86(72,73)45-27-29-47(49(31-45)84-83-82-69)80-41-15-7-35(8-16-41)52(55(63,64)65,56(66,67)68)34-5-13-39(14-6-34)79-40-21-25-44(26-22-40)85(70,71)43-23-19-38(78-2)20-24-43/h3-32,69H,1-2H3,(H,74,75,76). The summed E-state index contributed by atoms with van der Waals surface area (Å²) in [6, 6.07) is 24.4. The number of hydrogen-bond acceptors (Lipinski definition) is 15. The summed E-state index contributed by atoms with van der Waals surface area (Å²) in [5.41, 5.74) is -14.6. The predicted molar refractivity (Wildman–Crippen MR) is 282 cm³/mol. The fourth-order valence-corrected chi connectivity index (χ4v) is 12.9. The van der Waals surface area contributed by atoms with Crippen LogP contribution >= 0.6 is 12.0 Å². The van der Waals surface area contributed by atoms with Gasteiger partial charge in [-0.05, 0) is 156 Å². The second-order valence-electron chi connectivity index (χ2n) is 18.2. The third-order valence-corrected chi connectivity index (χ3v) is 18.2. The zero-order chi connectivity index (χ0) is 63.8. The van der Waals surface area contributed by atoms with Crippen molar-refractivity contribution in [1.82, 2.24) is 0 Å². The van der Waals surface area contributed by atoms with E-state index in [1.165, 1.54) is 55.6 Å². The number of methoxy groups -OCH3 is 2. The molecule has 31 heteroatoms. The number of halogens is 12. The third-order valence-electron chi connectivity index (χ3n) is 13.2. The maximum atomic E-state index is 15.2. The molecule has 0 spiro atoms. The van der Waals surface area contributed by atoms with Crippen molar-refractivity contribution >= 4 is 41.8 Å². The summed E-state index contributed by atoms with van der Waals surface area (Å²) in [6.45, 7) is 0. The average Bonchev–Trinajstić information content (AvgIpc) is 0.783. The van der Waals surface area contributed by atoms with Gasteiger partial charge in [-0.3, -0.25) is 4.55 Å². The van der Waals surface area contributed by atoms with Crippen molar-refractivity contribution in [2.75, 3.05) is 14.2 Å². The van der Waals surface area contributed by atoms with Crippen molar-refractivity contribution in [2.45, 2.75) is 64.9 Å². The van der Waals surface area contributed by atoms with Crippen molar-refractivity contribution in [3.05, 3.63) is 204 Å².